The molecule has 7 aromatic rings. The molecule has 0 aliphatic rings. The third-order valence-corrected chi connectivity index (χ3v) is 7.04. The van der Waals surface area contributed by atoms with E-state index < -0.39 is 0 Å². The van der Waals surface area contributed by atoms with Crippen molar-refractivity contribution in [3.8, 4) is 22.3 Å². The van der Waals surface area contributed by atoms with Crippen molar-refractivity contribution >= 4 is 43.1 Å². The van der Waals surface area contributed by atoms with Crippen molar-refractivity contribution in [2.24, 2.45) is 0 Å². The number of hydrogen-bond donors (Lipinski definition) is 0. The monoisotopic (exact) mass is 430 g/mol. The topological polar surface area (TPSA) is 0 Å². The zero-order valence-electron chi connectivity index (χ0n) is 18.7. The van der Waals surface area contributed by atoms with Gasteiger partial charge in [0.1, 0.15) is 0 Å². The molecule has 0 atom stereocenters. The van der Waals surface area contributed by atoms with Gasteiger partial charge in [-0.3, -0.25) is 0 Å². The van der Waals surface area contributed by atoms with E-state index in [9.17, 15) is 0 Å². The Morgan fingerprint density at radius 2 is 0.824 bits per heavy atom. The zero-order valence-corrected chi connectivity index (χ0v) is 18.7. The number of benzene rings is 7. The molecule has 7 aromatic carbocycles. The normalized spacial score (nSPS) is 11.5. The third kappa shape index (κ3) is 2.93. The maximum atomic E-state index is 2.36. The lowest BCUT2D eigenvalue weighted by Crippen LogP contribution is -1.88. The highest BCUT2D eigenvalue weighted by Gasteiger charge is 2.13. The number of hydrogen-bond acceptors (Lipinski definition) is 0. The smallest absolute Gasteiger partial charge is 0.00928 e. The molecular weight excluding hydrogens is 408 g/mol. The summed E-state index contributed by atoms with van der Waals surface area (Å²) >= 11 is 0. The first-order chi connectivity index (χ1) is 16.9. The van der Waals surface area contributed by atoms with E-state index in [0.29, 0.717) is 0 Å². The molecule has 0 aliphatic carbocycles. The summed E-state index contributed by atoms with van der Waals surface area (Å²) in [5, 5.41) is 10.3. The lowest BCUT2D eigenvalue weighted by atomic mass is 9.89. The summed E-state index contributed by atoms with van der Waals surface area (Å²) in [5.74, 6) is 0. The van der Waals surface area contributed by atoms with Crippen LogP contribution >= 0.6 is 0 Å². The predicted octanol–water partition coefficient (Wildman–Crippen LogP) is 9.63. The van der Waals surface area contributed by atoms with Crippen molar-refractivity contribution in [2.75, 3.05) is 0 Å². The summed E-state index contributed by atoms with van der Waals surface area (Å²) in [6.07, 6.45) is 0. The lowest BCUT2D eigenvalue weighted by Gasteiger charge is -2.15. The quantitative estimate of drug-likeness (QED) is 0.239. The van der Waals surface area contributed by atoms with Gasteiger partial charge in [0.25, 0.3) is 0 Å². The minimum atomic E-state index is 1.25. The van der Waals surface area contributed by atoms with Crippen molar-refractivity contribution in [1.29, 1.82) is 0 Å². The van der Waals surface area contributed by atoms with E-state index in [1.807, 2.05) is 0 Å². The SMILES string of the molecule is c1ccc2cc(-c3cccc4c(-c5cc6ccccc6c6ccccc56)cccc34)ccc2c1. The molecule has 0 aromatic heterocycles. The summed E-state index contributed by atoms with van der Waals surface area (Å²) < 4.78 is 0. The fraction of sp³-hybridized carbons (Fsp3) is 0. The molecule has 0 amide bonds. The fourth-order valence-electron chi connectivity index (χ4n) is 5.43. The molecular formula is C34H22. The summed E-state index contributed by atoms with van der Waals surface area (Å²) in [6, 6.07) is 48.6. The molecule has 7 rings (SSSR count). The molecule has 0 unspecified atom stereocenters. The summed E-state index contributed by atoms with van der Waals surface area (Å²) in [6.45, 7) is 0. The van der Waals surface area contributed by atoms with Gasteiger partial charge in [0.05, 0.1) is 0 Å². The van der Waals surface area contributed by atoms with Crippen LogP contribution < -0.4 is 0 Å². The molecule has 0 saturated carbocycles. The number of fused-ring (bicyclic) bond motifs is 5. The van der Waals surface area contributed by atoms with Gasteiger partial charge in [0.15, 0.2) is 0 Å². The summed E-state index contributed by atoms with van der Waals surface area (Å²) in [5.41, 5.74) is 5.10. The van der Waals surface area contributed by atoms with Crippen LogP contribution in [0.15, 0.2) is 133 Å². The third-order valence-electron chi connectivity index (χ3n) is 7.04. The van der Waals surface area contributed by atoms with Crippen LogP contribution in [-0.4, -0.2) is 0 Å². The first-order valence-electron chi connectivity index (χ1n) is 11.8. The van der Waals surface area contributed by atoms with Gasteiger partial charge in [0, 0.05) is 0 Å². The summed E-state index contributed by atoms with van der Waals surface area (Å²) in [4.78, 5) is 0. The molecule has 0 nitrogen and oxygen atoms in total. The highest BCUT2D eigenvalue weighted by Crippen LogP contribution is 2.40. The Balaban J connectivity index is 1.52. The van der Waals surface area contributed by atoms with E-state index in [0.717, 1.165) is 0 Å². The van der Waals surface area contributed by atoms with Crippen LogP contribution in [-0.2, 0) is 0 Å². The van der Waals surface area contributed by atoms with Crippen molar-refractivity contribution in [3.05, 3.63) is 133 Å². The lowest BCUT2D eigenvalue weighted by molar-refractivity contribution is 1.67. The molecule has 0 N–H and O–H groups in total. The van der Waals surface area contributed by atoms with Crippen LogP contribution in [0.4, 0.5) is 0 Å². The number of rotatable bonds is 2. The van der Waals surface area contributed by atoms with Gasteiger partial charge in [-0.05, 0) is 77.5 Å². The molecule has 34 heavy (non-hydrogen) atoms. The highest BCUT2D eigenvalue weighted by molar-refractivity contribution is 6.17. The van der Waals surface area contributed by atoms with Gasteiger partial charge in [-0.25, -0.2) is 0 Å². The average molecular weight is 431 g/mol. The second kappa shape index (κ2) is 7.57. The second-order valence-corrected chi connectivity index (χ2v) is 8.96. The second-order valence-electron chi connectivity index (χ2n) is 8.96. The zero-order chi connectivity index (χ0) is 22.5. The van der Waals surface area contributed by atoms with Crippen molar-refractivity contribution in [2.45, 2.75) is 0 Å². The molecule has 0 saturated heterocycles. The largest absolute Gasteiger partial charge is 0.0616 e. The van der Waals surface area contributed by atoms with Crippen LogP contribution in [0.25, 0.3) is 65.3 Å². The predicted molar refractivity (Wildman–Crippen MR) is 147 cm³/mol. The van der Waals surface area contributed by atoms with Crippen molar-refractivity contribution < 1.29 is 0 Å². The highest BCUT2D eigenvalue weighted by atomic mass is 14.2. The van der Waals surface area contributed by atoms with Gasteiger partial charge < -0.3 is 0 Å². The van der Waals surface area contributed by atoms with Gasteiger partial charge in [-0.1, -0.05) is 121 Å². The molecule has 0 heteroatoms. The van der Waals surface area contributed by atoms with Crippen molar-refractivity contribution in [1.82, 2.24) is 0 Å². The Morgan fingerprint density at radius 1 is 0.265 bits per heavy atom. The van der Waals surface area contributed by atoms with Crippen LogP contribution in [0.5, 0.6) is 0 Å². The molecule has 0 fully saturated rings. The minimum absolute atomic E-state index is 1.25. The Kier molecular flexibility index (Phi) is 4.25. The van der Waals surface area contributed by atoms with Crippen LogP contribution in [0.1, 0.15) is 0 Å². The molecule has 0 spiro atoms. The maximum Gasteiger partial charge on any atom is -0.00928 e. The Bertz CT molecular complexity index is 1860. The van der Waals surface area contributed by atoms with Gasteiger partial charge in [0.2, 0.25) is 0 Å². The van der Waals surface area contributed by atoms with Crippen molar-refractivity contribution in [3.63, 3.8) is 0 Å². The Morgan fingerprint density at radius 3 is 1.65 bits per heavy atom. The van der Waals surface area contributed by atoms with Crippen LogP contribution in [0.3, 0.4) is 0 Å². The molecule has 0 aliphatic heterocycles. The first kappa shape index (κ1) is 19.1. The van der Waals surface area contributed by atoms with E-state index in [1.54, 1.807) is 0 Å². The fourth-order valence-corrected chi connectivity index (χ4v) is 5.43. The van der Waals surface area contributed by atoms with Gasteiger partial charge in [-0.15, -0.1) is 0 Å². The van der Waals surface area contributed by atoms with E-state index in [2.05, 4.69) is 133 Å². The Hall–Kier alpha value is -4.42. The van der Waals surface area contributed by atoms with Gasteiger partial charge >= 0.3 is 0 Å². The maximum absolute atomic E-state index is 2.36. The average Bonchev–Trinajstić information content (AvgIpc) is 2.92. The van der Waals surface area contributed by atoms with E-state index >= 15 is 0 Å². The Labute approximate surface area is 198 Å². The van der Waals surface area contributed by atoms with E-state index in [4.69, 9.17) is 0 Å². The summed E-state index contributed by atoms with van der Waals surface area (Å²) in [7, 11) is 0. The van der Waals surface area contributed by atoms with Crippen LogP contribution in [0, 0.1) is 0 Å². The molecule has 0 radical (unpaired) electrons. The van der Waals surface area contributed by atoms with Crippen LogP contribution in [0.2, 0.25) is 0 Å². The molecule has 158 valence electrons. The van der Waals surface area contributed by atoms with E-state index in [1.165, 1.54) is 65.3 Å². The van der Waals surface area contributed by atoms with Gasteiger partial charge in [-0.2, -0.15) is 0 Å². The standard InChI is InChI=1S/C34H22/c1-2-10-24-21-26(20-19-23(24)9-1)28-15-7-17-31-30(28)16-8-18-33(31)34-22-25-11-3-4-12-27(25)29-13-5-6-14-32(29)34/h1-22H. The first-order valence-corrected chi connectivity index (χ1v) is 11.8. The van der Waals surface area contributed by atoms with E-state index in [-0.39, 0.29) is 0 Å². The molecule has 0 bridgehead atoms. The minimum Gasteiger partial charge on any atom is -0.0616 e. The molecule has 0 heterocycles.